The number of amides is 1. The molecule has 1 unspecified atom stereocenters. The van der Waals surface area contributed by atoms with Crippen LogP contribution in [0.1, 0.15) is 49.0 Å². The van der Waals surface area contributed by atoms with Gasteiger partial charge in [0.2, 0.25) is 5.91 Å². The summed E-state index contributed by atoms with van der Waals surface area (Å²) in [5.74, 6) is 2.04. The Morgan fingerprint density at radius 2 is 1.97 bits per heavy atom. The van der Waals surface area contributed by atoms with Crippen LogP contribution in [0.3, 0.4) is 0 Å². The number of nitrogens with zero attached hydrogens (tertiary/aromatic N) is 5. The highest BCUT2D eigenvalue weighted by Gasteiger charge is 2.29. The molecule has 4 aromatic rings. The summed E-state index contributed by atoms with van der Waals surface area (Å²) in [4.78, 5) is 31.6. The number of imidazole rings is 1. The topological polar surface area (TPSA) is 75.9 Å². The Hall–Kier alpha value is -3.00. The van der Waals surface area contributed by atoms with Crippen molar-refractivity contribution in [2.75, 3.05) is 18.0 Å². The second kappa shape index (κ2) is 8.74. The van der Waals surface area contributed by atoms with Crippen LogP contribution in [0, 0.1) is 19.8 Å². The van der Waals surface area contributed by atoms with E-state index in [1.54, 1.807) is 17.7 Å². The first-order chi connectivity index (χ1) is 16.0. The van der Waals surface area contributed by atoms with E-state index in [0.717, 1.165) is 65.4 Å². The van der Waals surface area contributed by atoms with E-state index in [1.165, 1.54) is 10.4 Å². The molecule has 1 aromatic carbocycles. The number of hydrogen-bond acceptors (Lipinski definition) is 6. The van der Waals surface area contributed by atoms with E-state index in [0.29, 0.717) is 0 Å². The largest absolute Gasteiger partial charge is 0.356 e. The van der Waals surface area contributed by atoms with Crippen LogP contribution >= 0.6 is 11.3 Å². The van der Waals surface area contributed by atoms with Crippen LogP contribution in [-0.4, -0.2) is 38.5 Å². The highest BCUT2D eigenvalue weighted by atomic mass is 32.1. The third kappa shape index (κ3) is 3.86. The van der Waals surface area contributed by atoms with Crippen molar-refractivity contribution in [3.05, 3.63) is 46.9 Å². The molecule has 1 saturated heterocycles. The van der Waals surface area contributed by atoms with E-state index in [4.69, 9.17) is 4.98 Å². The molecule has 1 N–H and O–H groups in total. The molecule has 0 radical (unpaired) electrons. The number of para-hydroxylation sites is 2. The second-order valence-electron chi connectivity index (χ2n) is 8.86. The maximum absolute atomic E-state index is 13.1. The number of carbonyl (C=O) groups excluding carboxylic acids is 1. The molecular weight excluding hydrogens is 432 g/mol. The number of anilines is 1. The van der Waals surface area contributed by atoms with Gasteiger partial charge >= 0.3 is 0 Å². The Morgan fingerprint density at radius 3 is 2.73 bits per heavy atom. The molecule has 0 aliphatic carbocycles. The summed E-state index contributed by atoms with van der Waals surface area (Å²) in [6.45, 7) is 10.9. The standard InChI is InChI=1S/C25H30N6OS/c1-5-31-20-9-7-6-8-19(20)29-22(31)16(3)28-24(32)18-10-12-30(13-11-18)23-21-15(2)17(4)33-25(21)27-14-26-23/h6-9,14,16,18H,5,10-13H2,1-4H3,(H,28,32). The summed E-state index contributed by atoms with van der Waals surface area (Å²) in [5, 5.41) is 4.40. The van der Waals surface area contributed by atoms with E-state index >= 15 is 0 Å². The van der Waals surface area contributed by atoms with Crippen LogP contribution in [0.4, 0.5) is 5.82 Å². The average Bonchev–Trinajstić information content (AvgIpc) is 3.36. The van der Waals surface area contributed by atoms with E-state index in [1.807, 2.05) is 25.1 Å². The monoisotopic (exact) mass is 462 g/mol. The van der Waals surface area contributed by atoms with Gasteiger partial charge in [-0.05, 0) is 58.2 Å². The number of rotatable bonds is 5. The average molecular weight is 463 g/mol. The van der Waals surface area contributed by atoms with Gasteiger partial charge in [0.25, 0.3) is 0 Å². The number of aromatic nitrogens is 4. The zero-order valence-corrected chi connectivity index (χ0v) is 20.4. The highest BCUT2D eigenvalue weighted by molar-refractivity contribution is 7.18. The van der Waals surface area contributed by atoms with Crippen molar-refractivity contribution in [2.24, 2.45) is 5.92 Å². The Morgan fingerprint density at radius 1 is 1.21 bits per heavy atom. The van der Waals surface area contributed by atoms with E-state index < -0.39 is 0 Å². The summed E-state index contributed by atoms with van der Waals surface area (Å²) in [7, 11) is 0. The molecule has 5 rings (SSSR count). The molecule has 0 bridgehead atoms. The first-order valence-corrected chi connectivity index (χ1v) is 12.5. The Balaban J connectivity index is 1.27. The molecule has 1 amide bonds. The summed E-state index contributed by atoms with van der Waals surface area (Å²) in [6, 6.07) is 8.00. The van der Waals surface area contributed by atoms with Gasteiger partial charge in [-0.3, -0.25) is 4.79 Å². The smallest absolute Gasteiger partial charge is 0.223 e. The number of carbonyl (C=O) groups is 1. The van der Waals surface area contributed by atoms with Gasteiger partial charge in [-0.2, -0.15) is 0 Å². The van der Waals surface area contributed by atoms with Crippen molar-refractivity contribution in [2.45, 2.75) is 53.1 Å². The lowest BCUT2D eigenvalue weighted by Crippen LogP contribution is -2.42. The van der Waals surface area contributed by atoms with Crippen LogP contribution in [0.15, 0.2) is 30.6 Å². The fourth-order valence-corrected chi connectivity index (χ4v) is 5.90. The predicted octanol–water partition coefficient (Wildman–Crippen LogP) is 4.77. The molecule has 0 saturated carbocycles. The number of thiophene rings is 1. The van der Waals surface area contributed by atoms with Crippen molar-refractivity contribution in [1.82, 2.24) is 24.8 Å². The van der Waals surface area contributed by atoms with Gasteiger partial charge in [-0.25, -0.2) is 15.0 Å². The number of fused-ring (bicyclic) bond motifs is 2. The second-order valence-corrected chi connectivity index (χ2v) is 10.1. The third-order valence-corrected chi connectivity index (χ3v) is 7.97. The first kappa shape index (κ1) is 21.8. The number of aryl methyl sites for hydroxylation is 3. The fourth-order valence-electron chi connectivity index (χ4n) is 4.91. The minimum absolute atomic E-state index is 0.00536. The lowest BCUT2D eigenvalue weighted by atomic mass is 9.95. The number of nitrogens with one attached hydrogen (secondary N) is 1. The summed E-state index contributed by atoms with van der Waals surface area (Å²) in [5.41, 5.74) is 3.34. The van der Waals surface area contributed by atoms with Gasteiger partial charge < -0.3 is 14.8 Å². The minimum atomic E-state index is -0.138. The van der Waals surface area contributed by atoms with Crippen molar-refractivity contribution < 1.29 is 4.79 Å². The molecule has 0 spiro atoms. The molecule has 33 heavy (non-hydrogen) atoms. The van der Waals surface area contributed by atoms with Gasteiger partial charge in [0.1, 0.15) is 22.8 Å². The highest BCUT2D eigenvalue weighted by Crippen LogP contribution is 2.35. The lowest BCUT2D eigenvalue weighted by molar-refractivity contribution is -0.126. The van der Waals surface area contributed by atoms with Crippen LogP contribution in [0.2, 0.25) is 0 Å². The quantitative estimate of drug-likeness (QED) is 0.462. The van der Waals surface area contributed by atoms with Crippen molar-refractivity contribution in [1.29, 1.82) is 0 Å². The van der Waals surface area contributed by atoms with E-state index in [2.05, 4.69) is 51.6 Å². The molecule has 1 atom stereocenters. The first-order valence-electron chi connectivity index (χ1n) is 11.7. The Bertz CT molecular complexity index is 1320. The fraction of sp³-hybridized carbons (Fsp3) is 0.440. The molecular formula is C25H30N6OS. The number of benzene rings is 1. The number of hydrogen-bond donors (Lipinski definition) is 1. The summed E-state index contributed by atoms with van der Waals surface area (Å²) >= 11 is 1.72. The minimum Gasteiger partial charge on any atom is -0.356 e. The Kier molecular flexibility index (Phi) is 5.78. The van der Waals surface area contributed by atoms with Gasteiger partial charge in [-0.1, -0.05) is 12.1 Å². The number of piperidine rings is 1. The molecule has 172 valence electrons. The maximum Gasteiger partial charge on any atom is 0.223 e. The van der Waals surface area contributed by atoms with Gasteiger partial charge in [-0.15, -0.1) is 11.3 Å². The predicted molar refractivity (Wildman–Crippen MR) is 134 cm³/mol. The van der Waals surface area contributed by atoms with Gasteiger partial charge in [0.15, 0.2) is 0 Å². The zero-order chi connectivity index (χ0) is 23.1. The van der Waals surface area contributed by atoms with Gasteiger partial charge in [0.05, 0.1) is 22.5 Å². The lowest BCUT2D eigenvalue weighted by Gasteiger charge is -2.33. The van der Waals surface area contributed by atoms with E-state index in [-0.39, 0.29) is 17.9 Å². The van der Waals surface area contributed by atoms with Crippen LogP contribution in [-0.2, 0) is 11.3 Å². The van der Waals surface area contributed by atoms with Crippen molar-refractivity contribution in [3.8, 4) is 0 Å². The normalized spacial score (nSPS) is 15.9. The van der Waals surface area contributed by atoms with Crippen LogP contribution in [0.25, 0.3) is 21.3 Å². The van der Waals surface area contributed by atoms with E-state index in [9.17, 15) is 4.79 Å². The maximum atomic E-state index is 13.1. The van der Waals surface area contributed by atoms with Crippen molar-refractivity contribution in [3.63, 3.8) is 0 Å². The molecule has 4 heterocycles. The summed E-state index contributed by atoms with van der Waals surface area (Å²) in [6.07, 6.45) is 3.29. The molecule has 8 heteroatoms. The van der Waals surface area contributed by atoms with Gasteiger partial charge in [0, 0.05) is 30.4 Å². The third-order valence-electron chi connectivity index (χ3n) is 6.86. The van der Waals surface area contributed by atoms with Crippen LogP contribution in [0.5, 0.6) is 0 Å². The molecule has 1 aliphatic heterocycles. The molecule has 1 aliphatic rings. The van der Waals surface area contributed by atoms with Crippen molar-refractivity contribution >= 4 is 44.3 Å². The Labute approximate surface area is 197 Å². The zero-order valence-electron chi connectivity index (χ0n) is 19.6. The molecule has 7 nitrogen and oxygen atoms in total. The molecule has 3 aromatic heterocycles. The molecule has 1 fully saturated rings. The SMILES string of the molecule is CCn1c(C(C)NC(=O)C2CCN(c3ncnc4sc(C)c(C)c34)CC2)nc2ccccc21. The van der Waals surface area contributed by atoms with Crippen LogP contribution < -0.4 is 10.2 Å². The summed E-state index contributed by atoms with van der Waals surface area (Å²) < 4.78 is 2.19.